The van der Waals surface area contributed by atoms with Gasteiger partial charge in [0, 0.05) is 19.3 Å². The lowest BCUT2D eigenvalue weighted by Crippen LogP contribution is -2.30. The highest BCUT2D eigenvalue weighted by Crippen LogP contribution is 2.18. The lowest BCUT2D eigenvalue weighted by molar-refractivity contribution is -0.167. The van der Waals surface area contributed by atoms with Gasteiger partial charge in [0.1, 0.15) is 13.2 Å². The second-order valence-corrected chi connectivity index (χ2v) is 22.7. The smallest absolute Gasteiger partial charge is 0.306 e. The van der Waals surface area contributed by atoms with E-state index < -0.39 is 6.10 Å². The number of unbranched alkanes of at least 4 members (excludes halogenated alkanes) is 43. The number of carbonyl (C=O) groups excluding carboxylic acids is 3. The molecule has 0 aliphatic rings. The van der Waals surface area contributed by atoms with E-state index in [2.05, 4.69) is 69.4 Å². The number of esters is 3. The SMILES string of the molecule is CC/C=C\C/C=C\C/C=C\C/C=C\CCCCCCCCC(=O)OC(COC(=O)CCCCCCCCCCCCCCC)COC(=O)CCCCCCCCCCCCCCCCCCCCCCCCCCCC. The van der Waals surface area contributed by atoms with Crippen molar-refractivity contribution >= 4 is 17.9 Å². The van der Waals surface area contributed by atoms with Crippen molar-refractivity contribution < 1.29 is 28.6 Å². The van der Waals surface area contributed by atoms with E-state index in [4.69, 9.17) is 14.2 Å². The summed E-state index contributed by atoms with van der Waals surface area (Å²) in [4.78, 5) is 38.3. The topological polar surface area (TPSA) is 78.9 Å². The van der Waals surface area contributed by atoms with Crippen LogP contribution < -0.4 is 0 Å². The Morgan fingerprint density at radius 2 is 0.513 bits per heavy atom. The van der Waals surface area contributed by atoms with Gasteiger partial charge in [-0.1, -0.05) is 333 Å². The molecule has 0 N–H and O–H groups in total. The van der Waals surface area contributed by atoms with Gasteiger partial charge >= 0.3 is 17.9 Å². The summed E-state index contributed by atoms with van der Waals surface area (Å²) in [6.45, 7) is 6.58. The van der Waals surface area contributed by atoms with Gasteiger partial charge in [-0.2, -0.15) is 0 Å². The Balaban J connectivity index is 4.24. The van der Waals surface area contributed by atoms with Gasteiger partial charge in [-0.25, -0.2) is 0 Å². The third kappa shape index (κ3) is 62.2. The maximum absolute atomic E-state index is 12.9. The maximum Gasteiger partial charge on any atom is 0.306 e. The highest BCUT2D eigenvalue weighted by molar-refractivity contribution is 5.71. The molecule has 0 heterocycles. The molecule has 0 bridgehead atoms. The number of rotatable bonds is 62. The van der Waals surface area contributed by atoms with Gasteiger partial charge in [-0.15, -0.1) is 0 Å². The molecule has 0 fully saturated rings. The molecule has 0 aromatic carbocycles. The van der Waals surface area contributed by atoms with Crippen molar-refractivity contribution in [3.8, 4) is 0 Å². The van der Waals surface area contributed by atoms with Crippen molar-refractivity contribution in [3.05, 3.63) is 48.6 Å². The van der Waals surface area contributed by atoms with Crippen LogP contribution in [-0.4, -0.2) is 37.2 Å². The Hall–Kier alpha value is -2.63. The first-order valence-electron chi connectivity index (χ1n) is 33.6. The zero-order chi connectivity index (χ0) is 55.0. The van der Waals surface area contributed by atoms with E-state index in [9.17, 15) is 14.4 Å². The van der Waals surface area contributed by atoms with Gasteiger partial charge in [0.05, 0.1) is 0 Å². The molecule has 444 valence electrons. The summed E-state index contributed by atoms with van der Waals surface area (Å²) in [5.74, 6) is -0.864. The lowest BCUT2D eigenvalue weighted by atomic mass is 10.0. The molecule has 0 rings (SSSR count). The van der Waals surface area contributed by atoms with Crippen molar-refractivity contribution in [3.63, 3.8) is 0 Å². The molecule has 0 saturated carbocycles. The average Bonchev–Trinajstić information content (AvgIpc) is 3.42. The molecule has 0 spiro atoms. The van der Waals surface area contributed by atoms with Crippen LogP contribution in [0.5, 0.6) is 0 Å². The van der Waals surface area contributed by atoms with Gasteiger partial charge < -0.3 is 14.2 Å². The number of ether oxygens (including phenoxy) is 3. The molecule has 6 nitrogen and oxygen atoms in total. The van der Waals surface area contributed by atoms with Crippen LogP contribution in [0.2, 0.25) is 0 Å². The molecular formula is C70H128O6. The van der Waals surface area contributed by atoms with Crippen molar-refractivity contribution in [2.45, 2.75) is 367 Å². The van der Waals surface area contributed by atoms with Gasteiger partial charge in [0.15, 0.2) is 6.10 Å². The van der Waals surface area contributed by atoms with Gasteiger partial charge in [0.25, 0.3) is 0 Å². The fraction of sp³-hybridized carbons (Fsp3) is 0.843. The zero-order valence-electron chi connectivity index (χ0n) is 51.0. The first-order valence-corrected chi connectivity index (χ1v) is 33.6. The first-order chi connectivity index (χ1) is 37.5. The van der Waals surface area contributed by atoms with Crippen LogP contribution in [0.1, 0.15) is 361 Å². The van der Waals surface area contributed by atoms with E-state index in [1.54, 1.807) is 0 Å². The average molecular weight is 1070 g/mol. The minimum Gasteiger partial charge on any atom is -0.462 e. The van der Waals surface area contributed by atoms with Gasteiger partial charge in [-0.05, 0) is 57.8 Å². The second kappa shape index (κ2) is 64.9. The van der Waals surface area contributed by atoms with E-state index in [1.165, 1.54) is 225 Å². The van der Waals surface area contributed by atoms with E-state index in [1.807, 2.05) is 0 Å². The van der Waals surface area contributed by atoms with Crippen LogP contribution in [0.4, 0.5) is 0 Å². The third-order valence-electron chi connectivity index (χ3n) is 15.1. The fourth-order valence-electron chi connectivity index (χ4n) is 10.1. The number of hydrogen-bond donors (Lipinski definition) is 0. The second-order valence-electron chi connectivity index (χ2n) is 22.7. The van der Waals surface area contributed by atoms with E-state index in [0.29, 0.717) is 19.3 Å². The number of hydrogen-bond acceptors (Lipinski definition) is 6. The van der Waals surface area contributed by atoms with Crippen LogP contribution in [-0.2, 0) is 28.6 Å². The molecule has 0 saturated heterocycles. The fourth-order valence-corrected chi connectivity index (χ4v) is 10.1. The largest absolute Gasteiger partial charge is 0.462 e. The Kier molecular flexibility index (Phi) is 62.6. The van der Waals surface area contributed by atoms with Gasteiger partial charge in [-0.3, -0.25) is 14.4 Å². The molecular weight excluding hydrogens is 937 g/mol. The normalized spacial score (nSPS) is 12.3. The zero-order valence-corrected chi connectivity index (χ0v) is 51.0. The highest BCUT2D eigenvalue weighted by atomic mass is 16.6. The summed E-state index contributed by atoms with van der Waals surface area (Å²) >= 11 is 0. The standard InChI is InChI=1S/C70H128O6/c1-4-7-10-13-16-19-22-25-27-29-31-32-33-34-35-36-37-39-40-42-45-48-51-54-57-60-63-69(72)75-66-67(65-74-68(71)62-59-56-53-50-47-44-24-21-18-15-12-9-6-3)76-70(73)64-61-58-55-52-49-46-43-41-38-30-28-26-23-20-17-14-11-8-5-2/h8,11,17,20,26,28,38,41,67H,4-7,9-10,12-16,18-19,21-25,27,29-37,39-40,42-66H2,1-3H3/b11-8-,20-17-,28-26-,41-38-. The molecule has 0 aliphatic heterocycles. The molecule has 6 heteroatoms. The van der Waals surface area contributed by atoms with E-state index in [0.717, 1.165) is 96.3 Å². The van der Waals surface area contributed by atoms with Gasteiger partial charge in [0.2, 0.25) is 0 Å². The van der Waals surface area contributed by atoms with E-state index in [-0.39, 0.29) is 31.1 Å². The van der Waals surface area contributed by atoms with Crippen molar-refractivity contribution in [2.75, 3.05) is 13.2 Å². The summed E-state index contributed by atoms with van der Waals surface area (Å²) in [5, 5.41) is 0. The predicted octanol–water partition coefficient (Wildman–Crippen LogP) is 22.9. The Labute approximate surface area is 473 Å². The van der Waals surface area contributed by atoms with Crippen LogP contribution in [0.25, 0.3) is 0 Å². The van der Waals surface area contributed by atoms with Crippen LogP contribution in [0.15, 0.2) is 48.6 Å². The molecule has 0 aromatic rings. The molecule has 76 heavy (non-hydrogen) atoms. The molecule has 0 radical (unpaired) electrons. The minimum atomic E-state index is -0.778. The molecule has 1 atom stereocenters. The Bertz CT molecular complexity index is 1310. The quantitative estimate of drug-likeness (QED) is 0.0261. The summed E-state index contributed by atoms with van der Waals surface area (Å²) in [6, 6.07) is 0. The third-order valence-corrected chi connectivity index (χ3v) is 15.1. The highest BCUT2D eigenvalue weighted by Gasteiger charge is 2.19. The molecule has 0 aliphatic carbocycles. The minimum absolute atomic E-state index is 0.0741. The van der Waals surface area contributed by atoms with Crippen molar-refractivity contribution in [2.24, 2.45) is 0 Å². The Morgan fingerprint density at radius 1 is 0.276 bits per heavy atom. The van der Waals surface area contributed by atoms with Crippen molar-refractivity contribution in [1.82, 2.24) is 0 Å². The molecule has 0 aromatic heterocycles. The first kappa shape index (κ1) is 73.4. The molecule has 1 unspecified atom stereocenters. The number of carbonyl (C=O) groups is 3. The summed E-state index contributed by atoms with van der Waals surface area (Å²) in [7, 11) is 0. The van der Waals surface area contributed by atoms with Crippen LogP contribution >= 0.6 is 0 Å². The van der Waals surface area contributed by atoms with E-state index >= 15 is 0 Å². The summed E-state index contributed by atoms with van der Waals surface area (Å²) in [5.41, 5.74) is 0. The maximum atomic E-state index is 12.9. The predicted molar refractivity (Wildman–Crippen MR) is 330 cm³/mol. The summed E-state index contributed by atoms with van der Waals surface area (Å²) < 4.78 is 16.9. The summed E-state index contributed by atoms with van der Waals surface area (Å²) in [6.07, 6.45) is 81.3. The van der Waals surface area contributed by atoms with Crippen LogP contribution in [0.3, 0.4) is 0 Å². The number of allylic oxidation sites excluding steroid dienone is 8. The lowest BCUT2D eigenvalue weighted by Gasteiger charge is -2.18. The molecule has 0 amide bonds. The monoisotopic (exact) mass is 1060 g/mol. The van der Waals surface area contributed by atoms with Crippen molar-refractivity contribution in [1.29, 1.82) is 0 Å². The Morgan fingerprint density at radius 3 is 0.803 bits per heavy atom. The van der Waals surface area contributed by atoms with Crippen LogP contribution in [0, 0.1) is 0 Å².